The van der Waals surface area contributed by atoms with E-state index in [1.54, 1.807) is 6.20 Å². The molecule has 0 amide bonds. The van der Waals surface area contributed by atoms with Gasteiger partial charge < -0.3 is 10.7 Å². The van der Waals surface area contributed by atoms with Crippen LogP contribution in [0.5, 0.6) is 0 Å². The molecule has 3 aromatic rings. The van der Waals surface area contributed by atoms with E-state index < -0.39 is 0 Å². The largest absolute Gasteiger partial charge is 0.338 e. The van der Waals surface area contributed by atoms with Gasteiger partial charge in [0, 0.05) is 22.8 Å². The molecule has 0 radical (unpaired) electrons. The number of hydrogen-bond donors (Lipinski definition) is 2. The van der Waals surface area contributed by atoms with Crippen molar-refractivity contribution in [2.24, 2.45) is 5.73 Å². The second kappa shape index (κ2) is 4.51. The molecule has 0 bridgehead atoms. The number of aromatic nitrogens is 3. The van der Waals surface area contributed by atoms with Crippen LogP contribution in [0.15, 0.2) is 41.0 Å². The standard InChI is InChI=1S/C13H11BrN4/c14-9-1-2-11-12(6-9)18-13(17-11)8-3-4-16-10(5-8)7-15/h1-6H,7,15H2,(H,17,18). The number of hydrogen-bond acceptors (Lipinski definition) is 3. The maximum absolute atomic E-state index is 5.59. The first-order valence-corrected chi connectivity index (χ1v) is 6.36. The number of nitrogens with zero attached hydrogens (tertiary/aromatic N) is 2. The molecule has 0 aliphatic heterocycles. The van der Waals surface area contributed by atoms with Crippen molar-refractivity contribution in [1.29, 1.82) is 0 Å². The van der Waals surface area contributed by atoms with E-state index in [-0.39, 0.29) is 0 Å². The van der Waals surface area contributed by atoms with Crippen LogP contribution in [0.3, 0.4) is 0 Å². The molecular weight excluding hydrogens is 292 g/mol. The summed E-state index contributed by atoms with van der Waals surface area (Å²) in [6, 6.07) is 9.84. The number of imidazole rings is 1. The van der Waals surface area contributed by atoms with E-state index in [1.165, 1.54) is 0 Å². The molecule has 2 heterocycles. The zero-order valence-electron chi connectivity index (χ0n) is 9.52. The Morgan fingerprint density at radius 2 is 2.11 bits per heavy atom. The van der Waals surface area contributed by atoms with E-state index in [0.717, 1.165) is 32.6 Å². The number of halogens is 1. The minimum atomic E-state index is 0.430. The van der Waals surface area contributed by atoms with Gasteiger partial charge in [-0.3, -0.25) is 4.98 Å². The number of rotatable bonds is 2. The molecule has 4 nitrogen and oxygen atoms in total. The molecule has 0 saturated carbocycles. The van der Waals surface area contributed by atoms with Crippen molar-refractivity contribution >= 4 is 27.0 Å². The van der Waals surface area contributed by atoms with Gasteiger partial charge in [0.25, 0.3) is 0 Å². The first-order chi connectivity index (χ1) is 8.76. The lowest BCUT2D eigenvalue weighted by atomic mass is 10.2. The first-order valence-electron chi connectivity index (χ1n) is 5.57. The number of fused-ring (bicyclic) bond motifs is 1. The van der Waals surface area contributed by atoms with E-state index in [4.69, 9.17) is 5.73 Å². The van der Waals surface area contributed by atoms with Crippen molar-refractivity contribution in [2.45, 2.75) is 6.54 Å². The minimum absolute atomic E-state index is 0.430. The maximum atomic E-state index is 5.59. The molecule has 0 aliphatic carbocycles. The zero-order valence-corrected chi connectivity index (χ0v) is 11.1. The number of benzene rings is 1. The van der Waals surface area contributed by atoms with Crippen molar-refractivity contribution in [2.75, 3.05) is 0 Å². The third kappa shape index (κ3) is 2.02. The van der Waals surface area contributed by atoms with Crippen molar-refractivity contribution in [1.82, 2.24) is 15.0 Å². The molecular formula is C13H11BrN4. The van der Waals surface area contributed by atoms with E-state index in [0.29, 0.717) is 6.54 Å². The summed E-state index contributed by atoms with van der Waals surface area (Å²) in [6.07, 6.45) is 1.75. The second-order valence-electron chi connectivity index (χ2n) is 3.99. The molecule has 0 spiro atoms. The summed E-state index contributed by atoms with van der Waals surface area (Å²) in [5.74, 6) is 0.834. The molecule has 18 heavy (non-hydrogen) atoms. The van der Waals surface area contributed by atoms with Gasteiger partial charge in [-0.15, -0.1) is 0 Å². The van der Waals surface area contributed by atoms with Crippen molar-refractivity contribution < 1.29 is 0 Å². The molecule has 2 aromatic heterocycles. The van der Waals surface area contributed by atoms with E-state index in [1.807, 2.05) is 30.3 Å². The first kappa shape index (κ1) is 11.4. The lowest BCUT2D eigenvalue weighted by Gasteiger charge is -1.99. The highest BCUT2D eigenvalue weighted by atomic mass is 79.9. The monoisotopic (exact) mass is 302 g/mol. The fourth-order valence-corrected chi connectivity index (χ4v) is 2.22. The van der Waals surface area contributed by atoms with Crippen LogP contribution < -0.4 is 5.73 Å². The van der Waals surface area contributed by atoms with Gasteiger partial charge in [-0.1, -0.05) is 15.9 Å². The fraction of sp³-hybridized carbons (Fsp3) is 0.0769. The van der Waals surface area contributed by atoms with Crippen molar-refractivity contribution in [3.8, 4) is 11.4 Å². The van der Waals surface area contributed by atoms with Gasteiger partial charge in [0.2, 0.25) is 0 Å². The van der Waals surface area contributed by atoms with Gasteiger partial charge in [-0.25, -0.2) is 4.98 Å². The maximum Gasteiger partial charge on any atom is 0.138 e. The van der Waals surface area contributed by atoms with Crippen molar-refractivity contribution in [3.63, 3.8) is 0 Å². The van der Waals surface area contributed by atoms with Gasteiger partial charge in [0.05, 0.1) is 16.7 Å². The summed E-state index contributed by atoms with van der Waals surface area (Å²) in [7, 11) is 0. The Bertz CT molecular complexity index is 705. The van der Waals surface area contributed by atoms with E-state index in [2.05, 4.69) is 30.9 Å². The molecule has 3 N–H and O–H groups in total. The Hall–Kier alpha value is -1.72. The van der Waals surface area contributed by atoms with Gasteiger partial charge in [0.1, 0.15) is 5.82 Å². The zero-order chi connectivity index (χ0) is 12.5. The van der Waals surface area contributed by atoms with Gasteiger partial charge in [0.15, 0.2) is 0 Å². The number of aromatic amines is 1. The predicted molar refractivity (Wildman–Crippen MR) is 74.9 cm³/mol. The smallest absolute Gasteiger partial charge is 0.138 e. The normalized spacial score (nSPS) is 11.0. The average Bonchev–Trinajstić information content (AvgIpc) is 2.81. The Morgan fingerprint density at radius 1 is 1.22 bits per heavy atom. The summed E-state index contributed by atoms with van der Waals surface area (Å²) in [5.41, 5.74) is 9.39. The highest BCUT2D eigenvalue weighted by Crippen LogP contribution is 2.23. The summed E-state index contributed by atoms with van der Waals surface area (Å²) >= 11 is 3.45. The van der Waals surface area contributed by atoms with E-state index >= 15 is 0 Å². The van der Waals surface area contributed by atoms with Crippen LogP contribution in [-0.2, 0) is 6.54 Å². The number of H-pyrrole nitrogens is 1. The molecule has 0 atom stereocenters. The Labute approximate surface area is 112 Å². The van der Waals surface area contributed by atoms with Crippen LogP contribution in [0.4, 0.5) is 0 Å². The highest BCUT2D eigenvalue weighted by Gasteiger charge is 2.06. The third-order valence-electron chi connectivity index (χ3n) is 2.74. The topological polar surface area (TPSA) is 67.6 Å². The van der Waals surface area contributed by atoms with Crippen LogP contribution >= 0.6 is 15.9 Å². The SMILES string of the molecule is NCc1cc(-c2nc3ccc(Br)cc3[nH]2)ccn1. The summed E-state index contributed by atoms with van der Waals surface area (Å²) in [6.45, 7) is 0.430. The molecule has 0 fully saturated rings. The molecule has 0 unspecified atom stereocenters. The molecule has 0 aliphatic rings. The summed E-state index contributed by atoms with van der Waals surface area (Å²) in [4.78, 5) is 12.0. The average molecular weight is 303 g/mol. The van der Waals surface area contributed by atoms with Gasteiger partial charge >= 0.3 is 0 Å². The minimum Gasteiger partial charge on any atom is -0.338 e. The molecule has 3 rings (SSSR count). The molecule has 1 aromatic carbocycles. The van der Waals surface area contributed by atoms with Crippen LogP contribution in [0.25, 0.3) is 22.4 Å². The van der Waals surface area contributed by atoms with Gasteiger partial charge in [-0.05, 0) is 30.3 Å². The number of nitrogens with two attached hydrogens (primary N) is 1. The van der Waals surface area contributed by atoms with Crippen molar-refractivity contribution in [3.05, 3.63) is 46.7 Å². The highest BCUT2D eigenvalue weighted by molar-refractivity contribution is 9.10. The quantitative estimate of drug-likeness (QED) is 0.765. The predicted octanol–water partition coefficient (Wildman–Crippen LogP) is 2.85. The van der Waals surface area contributed by atoms with E-state index in [9.17, 15) is 0 Å². The fourth-order valence-electron chi connectivity index (χ4n) is 1.86. The lowest BCUT2D eigenvalue weighted by molar-refractivity contribution is 0.990. The van der Waals surface area contributed by atoms with Crippen LogP contribution in [-0.4, -0.2) is 15.0 Å². The van der Waals surface area contributed by atoms with Crippen LogP contribution in [0, 0.1) is 0 Å². The third-order valence-corrected chi connectivity index (χ3v) is 3.24. The second-order valence-corrected chi connectivity index (χ2v) is 4.90. The molecule has 5 heteroatoms. The Morgan fingerprint density at radius 3 is 2.94 bits per heavy atom. The number of nitrogens with one attached hydrogen (secondary N) is 1. The lowest BCUT2D eigenvalue weighted by Crippen LogP contribution is -1.99. The Kier molecular flexibility index (Phi) is 2.85. The number of pyridine rings is 1. The summed E-state index contributed by atoms with van der Waals surface area (Å²) in [5, 5.41) is 0. The van der Waals surface area contributed by atoms with Gasteiger partial charge in [-0.2, -0.15) is 0 Å². The van der Waals surface area contributed by atoms with Crippen LogP contribution in [0.2, 0.25) is 0 Å². The molecule has 0 saturated heterocycles. The summed E-state index contributed by atoms with van der Waals surface area (Å²) < 4.78 is 1.03. The van der Waals surface area contributed by atoms with Crippen LogP contribution in [0.1, 0.15) is 5.69 Å². The molecule has 90 valence electrons. The Balaban J connectivity index is 2.13.